The first kappa shape index (κ1) is 14.6. The minimum atomic E-state index is -0.587. The van der Waals surface area contributed by atoms with Crippen LogP contribution in [0.4, 0.5) is 5.82 Å². The van der Waals surface area contributed by atoms with Crippen LogP contribution in [0.5, 0.6) is 0 Å². The Kier molecular flexibility index (Phi) is 4.46. The van der Waals surface area contributed by atoms with E-state index >= 15 is 0 Å². The molecule has 2 heterocycles. The third-order valence-electron chi connectivity index (χ3n) is 3.02. The maximum absolute atomic E-state index is 11.4. The lowest BCUT2D eigenvalue weighted by Crippen LogP contribution is -2.35. The molecule has 1 unspecified atom stereocenters. The summed E-state index contributed by atoms with van der Waals surface area (Å²) in [5.41, 5.74) is 3.34. The first-order valence-corrected chi connectivity index (χ1v) is 6.81. The maximum Gasteiger partial charge on any atom is 0.265 e. The van der Waals surface area contributed by atoms with Gasteiger partial charge in [-0.3, -0.25) is 10.0 Å². The minimum Gasteiger partial charge on any atom is -0.357 e. The van der Waals surface area contributed by atoms with E-state index in [1.54, 1.807) is 24.7 Å². The SMILES string of the molecule is CCCc1c(NC(C)C(=O)NO)nc2ccc(Cl)cn12. The number of hydroxylamine groups is 1. The molecule has 1 atom stereocenters. The van der Waals surface area contributed by atoms with Crippen LogP contribution in [0.1, 0.15) is 26.0 Å². The molecule has 2 rings (SSSR count). The van der Waals surface area contributed by atoms with Gasteiger partial charge < -0.3 is 9.72 Å². The number of nitrogens with zero attached hydrogens (tertiary/aromatic N) is 2. The predicted octanol–water partition coefficient (Wildman–Crippen LogP) is 2.25. The first-order chi connectivity index (χ1) is 9.56. The fraction of sp³-hybridized carbons (Fsp3) is 0.385. The van der Waals surface area contributed by atoms with E-state index in [0.29, 0.717) is 10.8 Å². The van der Waals surface area contributed by atoms with Crippen molar-refractivity contribution >= 4 is 29.0 Å². The number of carbonyl (C=O) groups is 1. The van der Waals surface area contributed by atoms with Crippen LogP contribution in [0.2, 0.25) is 5.02 Å². The lowest BCUT2D eigenvalue weighted by Gasteiger charge is -2.12. The lowest BCUT2D eigenvalue weighted by atomic mass is 10.2. The number of hydrogen-bond donors (Lipinski definition) is 3. The van der Waals surface area contributed by atoms with Gasteiger partial charge in [-0.25, -0.2) is 10.5 Å². The molecule has 0 aliphatic rings. The van der Waals surface area contributed by atoms with E-state index in [0.717, 1.165) is 24.2 Å². The van der Waals surface area contributed by atoms with Gasteiger partial charge >= 0.3 is 0 Å². The van der Waals surface area contributed by atoms with Gasteiger partial charge in [0.1, 0.15) is 17.5 Å². The summed E-state index contributed by atoms with van der Waals surface area (Å²) >= 11 is 6.01. The second-order valence-electron chi connectivity index (χ2n) is 4.57. The number of nitrogens with one attached hydrogen (secondary N) is 2. The normalized spacial score (nSPS) is 12.4. The third-order valence-corrected chi connectivity index (χ3v) is 3.25. The van der Waals surface area contributed by atoms with Crippen LogP contribution in [0, 0.1) is 0 Å². The summed E-state index contributed by atoms with van der Waals surface area (Å²) in [6, 6.07) is 3.01. The number of fused-ring (bicyclic) bond motifs is 1. The average Bonchev–Trinajstić information content (AvgIpc) is 2.76. The molecule has 7 heteroatoms. The molecule has 0 aliphatic carbocycles. The molecule has 0 aromatic carbocycles. The summed E-state index contributed by atoms with van der Waals surface area (Å²) in [7, 11) is 0. The summed E-state index contributed by atoms with van der Waals surface area (Å²) in [5.74, 6) is 0.118. The van der Waals surface area contributed by atoms with E-state index in [4.69, 9.17) is 16.8 Å². The van der Waals surface area contributed by atoms with Gasteiger partial charge in [-0.1, -0.05) is 24.9 Å². The number of pyridine rings is 1. The number of carbonyl (C=O) groups excluding carboxylic acids is 1. The van der Waals surface area contributed by atoms with Crippen molar-refractivity contribution < 1.29 is 10.0 Å². The van der Waals surface area contributed by atoms with Crippen LogP contribution >= 0.6 is 11.6 Å². The van der Waals surface area contributed by atoms with Crippen molar-refractivity contribution in [2.75, 3.05) is 5.32 Å². The third kappa shape index (κ3) is 2.86. The van der Waals surface area contributed by atoms with Crippen molar-refractivity contribution in [1.82, 2.24) is 14.9 Å². The molecule has 0 spiro atoms. The van der Waals surface area contributed by atoms with Crippen LogP contribution in [0.25, 0.3) is 5.65 Å². The predicted molar refractivity (Wildman–Crippen MR) is 77.2 cm³/mol. The van der Waals surface area contributed by atoms with Gasteiger partial charge in [-0.2, -0.15) is 0 Å². The second-order valence-corrected chi connectivity index (χ2v) is 5.01. The fourth-order valence-electron chi connectivity index (χ4n) is 2.03. The highest BCUT2D eigenvalue weighted by Crippen LogP contribution is 2.22. The largest absolute Gasteiger partial charge is 0.357 e. The molecule has 0 aliphatic heterocycles. The zero-order chi connectivity index (χ0) is 14.7. The molecule has 20 heavy (non-hydrogen) atoms. The Hall–Kier alpha value is -1.79. The molecule has 6 nitrogen and oxygen atoms in total. The minimum absolute atomic E-state index is 0.512. The van der Waals surface area contributed by atoms with E-state index in [9.17, 15) is 4.79 Å². The topological polar surface area (TPSA) is 78.7 Å². The number of imidazole rings is 1. The Morgan fingerprint density at radius 2 is 2.30 bits per heavy atom. The number of amides is 1. The molecule has 0 saturated carbocycles. The molecule has 1 amide bonds. The molecular weight excluding hydrogens is 280 g/mol. The fourth-order valence-corrected chi connectivity index (χ4v) is 2.19. The molecule has 108 valence electrons. The van der Waals surface area contributed by atoms with Crippen molar-refractivity contribution in [3.8, 4) is 0 Å². The Morgan fingerprint density at radius 1 is 1.55 bits per heavy atom. The van der Waals surface area contributed by atoms with E-state index in [-0.39, 0.29) is 0 Å². The Morgan fingerprint density at radius 3 is 2.95 bits per heavy atom. The van der Waals surface area contributed by atoms with Gasteiger partial charge in [-0.05, 0) is 25.5 Å². The molecule has 0 radical (unpaired) electrons. The number of aromatic nitrogens is 2. The van der Waals surface area contributed by atoms with Crippen LogP contribution in [0.3, 0.4) is 0 Å². The average molecular weight is 297 g/mol. The quantitative estimate of drug-likeness (QED) is 0.584. The number of aryl methyl sites for hydroxylation is 1. The summed E-state index contributed by atoms with van der Waals surface area (Å²) in [5, 5.41) is 12.3. The van der Waals surface area contributed by atoms with E-state index < -0.39 is 11.9 Å². The van der Waals surface area contributed by atoms with Crippen molar-refractivity contribution in [2.45, 2.75) is 32.7 Å². The smallest absolute Gasteiger partial charge is 0.265 e. The van der Waals surface area contributed by atoms with Crippen LogP contribution in [-0.4, -0.2) is 26.5 Å². The van der Waals surface area contributed by atoms with E-state index in [1.807, 2.05) is 10.5 Å². The Labute approximate surface area is 121 Å². The van der Waals surface area contributed by atoms with Crippen molar-refractivity contribution in [1.29, 1.82) is 0 Å². The van der Waals surface area contributed by atoms with Gasteiger partial charge in [0, 0.05) is 6.20 Å². The summed E-state index contributed by atoms with van der Waals surface area (Å²) in [6.45, 7) is 3.72. The van der Waals surface area contributed by atoms with Crippen LogP contribution in [-0.2, 0) is 11.2 Å². The van der Waals surface area contributed by atoms with Crippen molar-refractivity contribution in [3.05, 3.63) is 29.0 Å². The number of anilines is 1. The van der Waals surface area contributed by atoms with Gasteiger partial charge in [0.15, 0.2) is 0 Å². The number of hydrogen-bond acceptors (Lipinski definition) is 4. The molecule has 0 bridgehead atoms. The van der Waals surface area contributed by atoms with Gasteiger partial charge in [0.2, 0.25) is 0 Å². The maximum atomic E-state index is 11.4. The number of rotatable bonds is 5. The zero-order valence-corrected chi connectivity index (χ0v) is 12.1. The summed E-state index contributed by atoms with van der Waals surface area (Å²) in [4.78, 5) is 15.8. The zero-order valence-electron chi connectivity index (χ0n) is 11.4. The molecule has 0 fully saturated rings. The Balaban J connectivity index is 2.41. The highest BCUT2D eigenvalue weighted by Gasteiger charge is 2.17. The van der Waals surface area contributed by atoms with Crippen molar-refractivity contribution in [2.24, 2.45) is 0 Å². The second kappa shape index (κ2) is 6.11. The monoisotopic (exact) mass is 296 g/mol. The lowest BCUT2D eigenvalue weighted by molar-refractivity contribution is -0.129. The molecule has 2 aromatic rings. The van der Waals surface area contributed by atoms with Crippen LogP contribution in [0.15, 0.2) is 18.3 Å². The summed E-state index contributed by atoms with van der Waals surface area (Å²) < 4.78 is 1.91. The molecule has 3 N–H and O–H groups in total. The van der Waals surface area contributed by atoms with Crippen molar-refractivity contribution in [3.63, 3.8) is 0 Å². The van der Waals surface area contributed by atoms with Gasteiger partial charge in [0.25, 0.3) is 5.91 Å². The molecule has 0 saturated heterocycles. The van der Waals surface area contributed by atoms with E-state index in [1.165, 1.54) is 0 Å². The molecule has 2 aromatic heterocycles. The van der Waals surface area contributed by atoms with Gasteiger partial charge in [-0.15, -0.1) is 0 Å². The first-order valence-electron chi connectivity index (χ1n) is 6.43. The standard InChI is InChI=1S/C13H17ClN4O2/c1-3-4-10-12(15-8(2)13(19)17-20)16-11-6-5-9(14)7-18(10)11/h5-8,15,20H,3-4H2,1-2H3,(H,17,19). The summed E-state index contributed by atoms with van der Waals surface area (Å²) in [6.07, 6.45) is 3.55. The van der Waals surface area contributed by atoms with E-state index in [2.05, 4.69) is 17.2 Å². The highest BCUT2D eigenvalue weighted by atomic mass is 35.5. The van der Waals surface area contributed by atoms with Gasteiger partial charge in [0.05, 0.1) is 10.7 Å². The Bertz CT molecular complexity index is 626. The molecular formula is C13H17ClN4O2. The number of halogens is 1. The highest BCUT2D eigenvalue weighted by molar-refractivity contribution is 6.30. The van der Waals surface area contributed by atoms with Crippen LogP contribution < -0.4 is 10.8 Å².